The van der Waals surface area contributed by atoms with E-state index in [0.717, 1.165) is 6.42 Å². The highest BCUT2D eigenvalue weighted by atomic mass is 35.7. The monoisotopic (exact) mass is 246 g/mol. The fourth-order valence-electron chi connectivity index (χ4n) is 1.17. The predicted molar refractivity (Wildman–Crippen MR) is 58.7 cm³/mol. The number of ketones is 1. The molecule has 5 heteroatoms. The van der Waals surface area contributed by atoms with Crippen LogP contribution >= 0.6 is 10.7 Å². The topological polar surface area (TPSA) is 51.2 Å². The summed E-state index contributed by atoms with van der Waals surface area (Å²) in [6.45, 7) is 1.91. The highest BCUT2D eigenvalue weighted by Crippen LogP contribution is 2.16. The van der Waals surface area contributed by atoms with Gasteiger partial charge in [0.05, 0.1) is 4.90 Å². The second-order valence-electron chi connectivity index (χ2n) is 3.14. The lowest BCUT2D eigenvalue weighted by molar-refractivity contribution is 0.0981. The molecular weight excluding hydrogens is 236 g/mol. The summed E-state index contributed by atoms with van der Waals surface area (Å²) >= 11 is 0. The molecule has 0 radical (unpaired) electrons. The lowest BCUT2D eigenvalue weighted by Gasteiger charge is -2.00. The summed E-state index contributed by atoms with van der Waals surface area (Å²) < 4.78 is 21.8. The summed E-state index contributed by atoms with van der Waals surface area (Å²) in [7, 11) is 1.44. The zero-order valence-electron chi connectivity index (χ0n) is 8.23. The molecule has 0 aliphatic heterocycles. The van der Waals surface area contributed by atoms with Gasteiger partial charge < -0.3 is 0 Å². The molecule has 1 rings (SSSR count). The minimum atomic E-state index is -3.70. The summed E-state index contributed by atoms with van der Waals surface area (Å²) in [5.74, 6) is 0.0102. The van der Waals surface area contributed by atoms with Crippen molar-refractivity contribution in [2.75, 3.05) is 0 Å². The average Bonchev–Trinajstić information content (AvgIpc) is 2.17. The van der Waals surface area contributed by atoms with Crippen LogP contribution in [0, 0.1) is 0 Å². The third-order valence-electron chi connectivity index (χ3n) is 1.93. The second-order valence-corrected chi connectivity index (χ2v) is 5.70. The van der Waals surface area contributed by atoms with Crippen LogP contribution in [0.5, 0.6) is 0 Å². The summed E-state index contributed by atoms with van der Waals surface area (Å²) in [6.07, 6.45) is 1.24. The highest BCUT2D eigenvalue weighted by Gasteiger charge is 2.10. The van der Waals surface area contributed by atoms with Crippen molar-refractivity contribution in [3.05, 3.63) is 29.8 Å². The van der Waals surface area contributed by atoms with Crippen LogP contribution in [-0.4, -0.2) is 14.2 Å². The zero-order chi connectivity index (χ0) is 11.5. The van der Waals surface area contributed by atoms with Crippen LogP contribution in [-0.2, 0) is 9.05 Å². The maximum atomic E-state index is 11.4. The van der Waals surface area contributed by atoms with Crippen LogP contribution in [0.3, 0.4) is 0 Å². The minimum Gasteiger partial charge on any atom is -0.294 e. The molecular formula is C10H11ClO3S. The fourth-order valence-corrected chi connectivity index (χ4v) is 1.94. The number of hydrogen-bond donors (Lipinski definition) is 0. The number of Topliss-reactive ketones (excluding diaryl/α,β-unsaturated/α-hetero) is 1. The summed E-state index contributed by atoms with van der Waals surface area (Å²) in [5, 5.41) is 0. The Hall–Kier alpha value is -0.870. The first-order chi connectivity index (χ1) is 6.95. The van der Waals surface area contributed by atoms with E-state index in [4.69, 9.17) is 10.7 Å². The van der Waals surface area contributed by atoms with Gasteiger partial charge in [0.25, 0.3) is 9.05 Å². The molecule has 82 valence electrons. The van der Waals surface area contributed by atoms with Crippen LogP contribution < -0.4 is 0 Å². The maximum absolute atomic E-state index is 11.4. The number of carbonyl (C=O) groups excluding carboxylic acids is 1. The summed E-state index contributed by atoms with van der Waals surface area (Å²) in [4.78, 5) is 11.4. The third-order valence-corrected chi connectivity index (χ3v) is 3.30. The molecule has 0 unspecified atom stereocenters. The van der Waals surface area contributed by atoms with Gasteiger partial charge in [-0.2, -0.15) is 0 Å². The highest BCUT2D eigenvalue weighted by molar-refractivity contribution is 8.13. The SMILES string of the molecule is CCCC(=O)c1ccc(S(=O)(=O)Cl)cc1. The Bertz CT molecular complexity index is 448. The first-order valence-electron chi connectivity index (χ1n) is 4.53. The van der Waals surface area contributed by atoms with Gasteiger partial charge in [0.2, 0.25) is 0 Å². The van der Waals surface area contributed by atoms with Gasteiger partial charge in [0.15, 0.2) is 5.78 Å². The molecule has 1 aromatic rings. The van der Waals surface area contributed by atoms with Gasteiger partial charge in [-0.15, -0.1) is 0 Å². The van der Waals surface area contributed by atoms with Gasteiger partial charge in [-0.1, -0.05) is 19.1 Å². The molecule has 0 N–H and O–H groups in total. The zero-order valence-corrected chi connectivity index (χ0v) is 9.81. The predicted octanol–water partition coefficient (Wildman–Crippen LogP) is 2.60. The minimum absolute atomic E-state index is 0.0102. The third kappa shape index (κ3) is 3.32. The molecule has 0 fully saturated rings. The van der Waals surface area contributed by atoms with E-state index in [-0.39, 0.29) is 10.7 Å². The Morgan fingerprint density at radius 2 is 1.80 bits per heavy atom. The second kappa shape index (κ2) is 4.77. The fraction of sp³-hybridized carbons (Fsp3) is 0.300. The van der Waals surface area contributed by atoms with Crippen molar-refractivity contribution in [1.82, 2.24) is 0 Å². The maximum Gasteiger partial charge on any atom is 0.261 e. The van der Waals surface area contributed by atoms with Gasteiger partial charge in [-0.3, -0.25) is 4.79 Å². The molecule has 0 bridgehead atoms. The lowest BCUT2D eigenvalue weighted by Crippen LogP contribution is -1.99. The number of carbonyl (C=O) groups is 1. The molecule has 0 atom stereocenters. The van der Waals surface area contributed by atoms with E-state index in [9.17, 15) is 13.2 Å². The van der Waals surface area contributed by atoms with Crippen LogP contribution in [0.2, 0.25) is 0 Å². The van der Waals surface area contributed by atoms with E-state index < -0.39 is 9.05 Å². The molecule has 0 aromatic heterocycles. The molecule has 1 aromatic carbocycles. The number of rotatable bonds is 4. The Labute approximate surface area is 93.5 Å². The molecule has 0 amide bonds. The number of halogens is 1. The largest absolute Gasteiger partial charge is 0.294 e. The van der Waals surface area contributed by atoms with Crippen LogP contribution in [0.15, 0.2) is 29.2 Å². The molecule has 0 aliphatic carbocycles. The normalized spacial score (nSPS) is 11.3. The van der Waals surface area contributed by atoms with Gasteiger partial charge in [-0.05, 0) is 18.6 Å². The number of hydrogen-bond acceptors (Lipinski definition) is 3. The Morgan fingerprint density at radius 1 is 1.27 bits per heavy atom. The molecule has 15 heavy (non-hydrogen) atoms. The number of benzene rings is 1. The van der Waals surface area contributed by atoms with Crippen molar-refractivity contribution in [1.29, 1.82) is 0 Å². The molecule has 0 aliphatic rings. The molecule has 0 spiro atoms. The standard InChI is InChI=1S/C10H11ClO3S/c1-2-3-10(12)8-4-6-9(7-5-8)15(11,13)14/h4-7H,2-3H2,1H3. The van der Waals surface area contributed by atoms with Gasteiger partial charge in [0.1, 0.15) is 0 Å². The van der Waals surface area contributed by atoms with Crippen molar-refractivity contribution in [3.8, 4) is 0 Å². The van der Waals surface area contributed by atoms with Gasteiger partial charge in [-0.25, -0.2) is 8.42 Å². The van der Waals surface area contributed by atoms with Crippen molar-refractivity contribution < 1.29 is 13.2 Å². The Balaban J connectivity index is 2.96. The van der Waals surface area contributed by atoms with E-state index in [1.54, 1.807) is 0 Å². The van der Waals surface area contributed by atoms with E-state index in [1.165, 1.54) is 24.3 Å². The van der Waals surface area contributed by atoms with Crippen molar-refractivity contribution >= 4 is 25.5 Å². The molecule has 3 nitrogen and oxygen atoms in total. The Morgan fingerprint density at radius 3 is 2.20 bits per heavy atom. The van der Waals surface area contributed by atoms with Crippen molar-refractivity contribution in [3.63, 3.8) is 0 Å². The van der Waals surface area contributed by atoms with E-state index in [2.05, 4.69) is 0 Å². The van der Waals surface area contributed by atoms with E-state index in [0.29, 0.717) is 12.0 Å². The summed E-state index contributed by atoms with van der Waals surface area (Å²) in [5.41, 5.74) is 0.515. The van der Waals surface area contributed by atoms with Crippen molar-refractivity contribution in [2.45, 2.75) is 24.7 Å². The van der Waals surface area contributed by atoms with E-state index >= 15 is 0 Å². The van der Waals surface area contributed by atoms with Gasteiger partial charge in [0, 0.05) is 22.7 Å². The smallest absolute Gasteiger partial charge is 0.261 e. The summed E-state index contributed by atoms with van der Waals surface area (Å²) in [6, 6.07) is 5.64. The van der Waals surface area contributed by atoms with Crippen LogP contribution in [0.25, 0.3) is 0 Å². The quantitative estimate of drug-likeness (QED) is 0.606. The lowest BCUT2D eigenvalue weighted by atomic mass is 10.1. The molecule has 0 saturated carbocycles. The van der Waals surface area contributed by atoms with Crippen LogP contribution in [0.4, 0.5) is 0 Å². The van der Waals surface area contributed by atoms with Gasteiger partial charge >= 0.3 is 0 Å². The first-order valence-corrected chi connectivity index (χ1v) is 6.84. The Kier molecular flexibility index (Phi) is 3.88. The van der Waals surface area contributed by atoms with E-state index in [1.807, 2.05) is 6.92 Å². The average molecular weight is 247 g/mol. The van der Waals surface area contributed by atoms with Crippen molar-refractivity contribution in [2.24, 2.45) is 0 Å². The van der Waals surface area contributed by atoms with Crippen LogP contribution in [0.1, 0.15) is 30.1 Å². The molecule has 0 saturated heterocycles. The first kappa shape index (κ1) is 12.2. The molecule has 0 heterocycles.